The summed E-state index contributed by atoms with van der Waals surface area (Å²) in [6.07, 6.45) is 4.09. The van der Waals surface area contributed by atoms with Gasteiger partial charge in [-0.05, 0) is 12.8 Å². The lowest BCUT2D eigenvalue weighted by atomic mass is 10.2. The van der Waals surface area contributed by atoms with Gasteiger partial charge in [0.15, 0.2) is 0 Å². The number of hydrogen-bond acceptors (Lipinski definition) is 3. The number of esters is 2. The topological polar surface area (TPSA) is 43.4 Å². The van der Waals surface area contributed by atoms with Crippen LogP contribution in [0.3, 0.4) is 0 Å². The van der Waals surface area contributed by atoms with Gasteiger partial charge in [0.25, 0.3) is 0 Å². The molecule has 0 fully saturated rings. The molecule has 0 aromatic rings. The summed E-state index contributed by atoms with van der Waals surface area (Å²) in [6.45, 7) is 7.11. The quantitative estimate of drug-likeness (QED) is 0.379. The predicted octanol–water partition coefficient (Wildman–Crippen LogP) is 1.99. The largest absolute Gasteiger partial charge is 0.386 e. The zero-order chi connectivity index (χ0) is 10.3. The van der Waals surface area contributed by atoms with Crippen molar-refractivity contribution in [2.75, 3.05) is 0 Å². The second-order valence-electron chi connectivity index (χ2n) is 2.48. The van der Waals surface area contributed by atoms with Crippen molar-refractivity contribution in [3.63, 3.8) is 0 Å². The Kier molecular flexibility index (Phi) is 5.52. The predicted molar refractivity (Wildman–Crippen MR) is 50.0 cm³/mol. The molecule has 0 saturated carbocycles. The molecule has 0 N–H and O–H groups in total. The lowest BCUT2D eigenvalue weighted by molar-refractivity contribution is -0.153. The van der Waals surface area contributed by atoms with Gasteiger partial charge in [-0.25, -0.2) is 9.59 Å². The lowest BCUT2D eigenvalue weighted by Gasteiger charge is -1.99. The Labute approximate surface area is 78.1 Å². The minimum atomic E-state index is -0.645. The maximum absolute atomic E-state index is 11.0. The van der Waals surface area contributed by atoms with E-state index in [9.17, 15) is 9.59 Å². The van der Waals surface area contributed by atoms with Gasteiger partial charge in [0.1, 0.15) is 0 Å². The van der Waals surface area contributed by atoms with Crippen molar-refractivity contribution in [3.8, 4) is 0 Å². The van der Waals surface area contributed by atoms with E-state index in [0.29, 0.717) is 12.0 Å². The van der Waals surface area contributed by atoms with Gasteiger partial charge in [0.2, 0.25) is 0 Å². The van der Waals surface area contributed by atoms with E-state index in [-0.39, 0.29) is 0 Å². The molecule has 0 aliphatic heterocycles. The van der Waals surface area contributed by atoms with Crippen LogP contribution in [0.5, 0.6) is 0 Å². The highest BCUT2D eigenvalue weighted by Crippen LogP contribution is 2.00. The molecule has 0 heterocycles. The van der Waals surface area contributed by atoms with Crippen molar-refractivity contribution in [1.29, 1.82) is 0 Å². The first-order valence-corrected chi connectivity index (χ1v) is 4.22. The number of allylic oxidation sites excluding steroid dienone is 1. The summed E-state index contributed by atoms with van der Waals surface area (Å²) < 4.78 is 4.44. The summed E-state index contributed by atoms with van der Waals surface area (Å²) in [5.41, 5.74) is 0.304. The van der Waals surface area contributed by atoms with Crippen LogP contribution in [0.15, 0.2) is 24.3 Å². The molecular formula is C10H14O3. The second-order valence-corrected chi connectivity index (χ2v) is 2.48. The highest BCUT2D eigenvalue weighted by Gasteiger charge is 2.09. The number of rotatable bonds is 4. The van der Waals surface area contributed by atoms with Crippen molar-refractivity contribution in [2.45, 2.75) is 26.7 Å². The molecule has 0 aromatic heterocycles. The zero-order valence-corrected chi connectivity index (χ0v) is 8.00. The minimum Gasteiger partial charge on any atom is -0.386 e. The van der Waals surface area contributed by atoms with E-state index in [2.05, 4.69) is 11.3 Å². The number of carbonyl (C=O) groups excluding carboxylic acids is 2. The first-order chi connectivity index (χ1) is 6.11. The van der Waals surface area contributed by atoms with Gasteiger partial charge in [0, 0.05) is 11.6 Å². The average Bonchev–Trinajstić information content (AvgIpc) is 2.13. The van der Waals surface area contributed by atoms with Crippen molar-refractivity contribution >= 4 is 11.9 Å². The van der Waals surface area contributed by atoms with Crippen molar-refractivity contribution in [2.24, 2.45) is 0 Å². The summed E-state index contributed by atoms with van der Waals surface area (Å²) in [6, 6.07) is 0. The maximum atomic E-state index is 11.0. The van der Waals surface area contributed by atoms with Crippen LogP contribution in [0.25, 0.3) is 0 Å². The summed E-state index contributed by atoms with van der Waals surface area (Å²) in [5.74, 6) is -1.28. The molecule has 0 aliphatic carbocycles. The Bertz CT molecular complexity index is 239. The summed E-state index contributed by atoms with van der Waals surface area (Å²) in [7, 11) is 0. The van der Waals surface area contributed by atoms with Crippen LogP contribution in [-0.4, -0.2) is 11.9 Å². The third kappa shape index (κ3) is 4.95. The van der Waals surface area contributed by atoms with Gasteiger partial charge < -0.3 is 4.74 Å². The smallest absolute Gasteiger partial charge is 0.341 e. The fourth-order valence-corrected chi connectivity index (χ4v) is 0.556. The Morgan fingerprint density at radius 1 is 1.38 bits per heavy atom. The van der Waals surface area contributed by atoms with E-state index in [1.807, 2.05) is 6.92 Å². The van der Waals surface area contributed by atoms with Crippen LogP contribution in [0.4, 0.5) is 0 Å². The molecule has 72 valence electrons. The molecule has 3 nitrogen and oxygen atoms in total. The van der Waals surface area contributed by atoms with E-state index in [0.717, 1.165) is 6.42 Å². The molecule has 13 heavy (non-hydrogen) atoms. The van der Waals surface area contributed by atoms with E-state index in [1.165, 1.54) is 6.08 Å². The molecule has 0 saturated heterocycles. The molecule has 0 amide bonds. The fourth-order valence-electron chi connectivity index (χ4n) is 0.556. The van der Waals surface area contributed by atoms with Crippen LogP contribution in [0, 0.1) is 0 Å². The standard InChI is InChI=1S/C10H14O3/c1-4-6-7-9(11)13-10(12)8(3)5-2/h6-7H,3-5H2,1-2H3. The third-order valence-electron chi connectivity index (χ3n) is 1.40. The summed E-state index contributed by atoms with van der Waals surface area (Å²) in [4.78, 5) is 21.8. The van der Waals surface area contributed by atoms with Gasteiger partial charge >= 0.3 is 11.9 Å². The Morgan fingerprint density at radius 3 is 2.46 bits per heavy atom. The molecule has 0 radical (unpaired) electrons. The summed E-state index contributed by atoms with van der Waals surface area (Å²) >= 11 is 0. The molecule has 0 spiro atoms. The average molecular weight is 182 g/mol. The Balaban J connectivity index is 3.99. The first-order valence-electron chi connectivity index (χ1n) is 4.22. The van der Waals surface area contributed by atoms with Crippen molar-refractivity contribution in [1.82, 2.24) is 0 Å². The number of ether oxygens (including phenoxy) is 1. The monoisotopic (exact) mass is 182 g/mol. The van der Waals surface area contributed by atoms with Gasteiger partial charge in [0.05, 0.1) is 0 Å². The van der Waals surface area contributed by atoms with Crippen LogP contribution in [0.2, 0.25) is 0 Å². The van der Waals surface area contributed by atoms with E-state index in [4.69, 9.17) is 0 Å². The van der Waals surface area contributed by atoms with E-state index < -0.39 is 11.9 Å². The zero-order valence-electron chi connectivity index (χ0n) is 8.00. The van der Waals surface area contributed by atoms with E-state index in [1.54, 1.807) is 13.0 Å². The highest BCUT2D eigenvalue weighted by molar-refractivity contribution is 5.99. The maximum Gasteiger partial charge on any atom is 0.341 e. The Morgan fingerprint density at radius 2 is 2.00 bits per heavy atom. The lowest BCUT2D eigenvalue weighted by Crippen LogP contribution is -2.11. The second kappa shape index (κ2) is 6.17. The summed E-state index contributed by atoms with van der Waals surface area (Å²) in [5, 5.41) is 0. The molecule has 0 rings (SSSR count). The molecule has 0 unspecified atom stereocenters. The van der Waals surface area contributed by atoms with Crippen LogP contribution < -0.4 is 0 Å². The third-order valence-corrected chi connectivity index (χ3v) is 1.40. The van der Waals surface area contributed by atoms with Crippen molar-refractivity contribution in [3.05, 3.63) is 24.3 Å². The molecule has 0 bridgehead atoms. The molecule has 0 aliphatic rings. The van der Waals surface area contributed by atoms with Crippen molar-refractivity contribution < 1.29 is 14.3 Å². The van der Waals surface area contributed by atoms with Gasteiger partial charge in [-0.3, -0.25) is 0 Å². The highest BCUT2D eigenvalue weighted by atomic mass is 16.6. The molecular weight excluding hydrogens is 168 g/mol. The van der Waals surface area contributed by atoms with Gasteiger partial charge in [-0.2, -0.15) is 0 Å². The molecule has 0 atom stereocenters. The van der Waals surface area contributed by atoms with Crippen LogP contribution >= 0.6 is 0 Å². The number of carbonyl (C=O) groups is 2. The van der Waals surface area contributed by atoms with Gasteiger partial charge in [-0.1, -0.05) is 26.5 Å². The fraction of sp³-hybridized carbons (Fsp3) is 0.400. The molecule has 0 aromatic carbocycles. The number of hydrogen-bond donors (Lipinski definition) is 0. The van der Waals surface area contributed by atoms with E-state index >= 15 is 0 Å². The Hall–Kier alpha value is -1.38. The SMILES string of the molecule is C=C(CC)C(=O)OC(=O)C=CCC. The minimum absolute atomic E-state index is 0.304. The van der Waals surface area contributed by atoms with Crippen LogP contribution in [0.1, 0.15) is 26.7 Å². The van der Waals surface area contributed by atoms with Gasteiger partial charge in [-0.15, -0.1) is 0 Å². The first kappa shape index (κ1) is 11.6. The van der Waals surface area contributed by atoms with Crippen LogP contribution in [-0.2, 0) is 14.3 Å². The molecule has 3 heteroatoms. The normalized spacial score (nSPS) is 10.0.